The Bertz CT molecular complexity index is 795. The number of methoxy groups -OCH3 is 2. The number of benzene rings is 1. The van der Waals surface area contributed by atoms with Gasteiger partial charge in [-0.15, -0.1) is 0 Å². The topological polar surface area (TPSA) is 106 Å². The van der Waals surface area contributed by atoms with Crippen LogP contribution < -0.4 is 21.1 Å². The molecular formula is C30H53N3O4. The molecule has 0 spiro atoms. The predicted molar refractivity (Wildman–Crippen MR) is 151 cm³/mol. The monoisotopic (exact) mass is 519 g/mol. The van der Waals surface area contributed by atoms with Gasteiger partial charge in [-0.05, 0) is 86.4 Å². The second kappa shape index (κ2) is 16.3. The van der Waals surface area contributed by atoms with Crippen LogP contribution in [-0.2, 0) is 22.4 Å². The zero-order valence-corrected chi connectivity index (χ0v) is 24.1. The van der Waals surface area contributed by atoms with Crippen molar-refractivity contribution >= 4 is 5.91 Å². The Kier molecular flexibility index (Phi) is 13.9. The Morgan fingerprint density at radius 1 is 1.16 bits per heavy atom. The molecular weight excluding hydrogens is 466 g/mol. The molecule has 1 heterocycles. The van der Waals surface area contributed by atoms with Gasteiger partial charge in [0.1, 0.15) is 5.75 Å². The molecule has 212 valence electrons. The minimum absolute atomic E-state index is 0.0339. The summed E-state index contributed by atoms with van der Waals surface area (Å²) in [4.78, 5) is 13.0. The minimum Gasteiger partial charge on any atom is -0.496 e. The molecule has 0 aromatic heterocycles. The number of hydrogen-bond donors (Lipinski definition) is 4. The lowest BCUT2D eigenvalue weighted by atomic mass is 9.80. The van der Waals surface area contributed by atoms with Crippen LogP contribution in [-0.4, -0.2) is 63.1 Å². The Hall–Kier alpha value is -1.67. The lowest BCUT2D eigenvalue weighted by Crippen LogP contribution is -2.45. The summed E-state index contributed by atoms with van der Waals surface area (Å²) in [6, 6.07) is 6.28. The molecule has 4 unspecified atom stereocenters. The third-order valence-corrected chi connectivity index (χ3v) is 7.94. The predicted octanol–water partition coefficient (Wildman–Crippen LogP) is 3.70. The Morgan fingerprint density at radius 2 is 1.92 bits per heavy atom. The second-order valence-corrected chi connectivity index (χ2v) is 11.6. The first kappa shape index (κ1) is 31.5. The van der Waals surface area contributed by atoms with E-state index in [1.807, 2.05) is 13.8 Å². The number of unbranched alkanes of at least 4 members (excludes halogenated alkanes) is 1. The third kappa shape index (κ3) is 10.5. The fraction of sp³-hybridized carbons (Fsp3) is 0.767. The molecule has 0 radical (unpaired) electrons. The van der Waals surface area contributed by atoms with E-state index in [0.29, 0.717) is 24.7 Å². The summed E-state index contributed by atoms with van der Waals surface area (Å²) in [5, 5.41) is 17.5. The molecule has 1 aliphatic heterocycles. The fourth-order valence-electron chi connectivity index (χ4n) is 5.32. The SMILES string of the molecule is COCCCCc1cc(CC(CC(N)C(O)CC(C(=O)N[C@@H]2CCNC2)C(C)C)C(C)C)ccc1OC. The summed E-state index contributed by atoms with van der Waals surface area (Å²) in [7, 11) is 3.46. The molecule has 37 heavy (non-hydrogen) atoms. The molecule has 7 heteroatoms. The number of ether oxygens (including phenoxy) is 2. The normalized spacial score (nSPS) is 19.1. The number of hydrogen-bond acceptors (Lipinski definition) is 6. The number of aryl methyl sites for hydroxylation is 1. The summed E-state index contributed by atoms with van der Waals surface area (Å²) in [5.41, 5.74) is 9.07. The number of nitrogens with two attached hydrogens (primary N) is 1. The van der Waals surface area contributed by atoms with Gasteiger partial charge in [0.15, 0.2) is 0 Å². The van der Waals surface area contributed by atoms with Crippen molar-refractivity contribution in [1.82, 2.24) is 10.6 Å². The van der Waals surface area contributed by atoms with Crippen LogP contribution in [0.15, 0.2) is 18.2 Å². The van der Waals surface area contributed by atoms with Gasteiger partial charge in [-0.2, -0.15) is 0 Å². The van der Waals surface area contributed by atoms with Crippen LogP contribution >= 0.6 is 0 Å². The first-order chi connectivity index (χ1) is 17.7. The highest BCUT2D eigenvalue weighted by atomic mass is 16.5. The van der Waals surface area contributed by atoms with E-state index < -0.39 is 6.10 Å². The molecule has 1 amide bonds. The Morgan fingerprint density at radius 3 is 2.51 bits per heavy atom. The Labute approximate surface area is 225 Å². The zero-order chi connectivity index (χ0) is 27.4. The van der Waals surface area contributed by atoms with E-state index in [1.165, 1.54) is 11.1 Å². The summed E-state index contributed by atoms with van der Waals surface area (Å²) in [6.45, 7) is 11.1. The zero-order valence-electron chi connectivity index (χ0n) is 24.1. The van der Waals surface area contributed by atoms with Gasteiger partial charge in [0.2, 0.25) is 5.91 Å². The van der Waals surface area contributed by atoms with Gasteiger partial charge < -0.3 is 30.9 Å². The maximum Gasteiger partial charge on any atom is 0.223 e. The maximum absolute atomic E-state index is 13.0. The van der Waals surface area contributed by atoms with Crippen molar-refractivity contribution in [3.05, 3.63) is 29.3 Å². The van der Waals surface area contributed by atoms with Crippen molar-refractivity contribution in [2.75, 3.05) is 33.9 Å². The highest BCUT2D eigenvalue weighted by molar-refractivity contribution is 5.79. The molecule has 0 aliphatic carbocycles. The molecule has 1 aliphatic rings. The van der Waals surface area contributed by atoms with E-state index in [9.17, 15) is 9.90 Å². The van der Waals surface area contributed by atoms with Crippen molar-refractivity contribution in [3.63, 3.8) is 0 Å². The molecule has 0 saturated carbocycles. The average molecular weight is 520 g/mol. The summed E-state index contributed by atoms with van der Waals surface area (Å²) in [5.74, 6) is 1.60. The summed E-state index contributed by atoms with van der Waals surface area (Å²) >= 11 is 0. The van der Waals surface area contributed by atoms with Crippen LogP contribution in [0.4, 0.5) is 0 Å². The molecule has 1 aromatic rings. The number of aliphatic hydroxyl groups excluding tert-OH is 1. The van der Waals surface area contributed by atoms with Gasteiger partial charge in [0, 0.05) is 38.3 Å². The first-order valence-corrected chi connectivity index (χ1v) is 14.3. The highest BCUT2D eigenvalue weighted by Crippen LogP contribution is 2.28. The van der Waals surface area contributed by atoms with Gasteiger partial charge in [-0.25, -0.2) is 0 Å². The van der Waals surface area contributed by atoms with E-state index in [-0.39, 0.29) is 29.8 Å². The number of rotatable bonds is 17. The number of carbonyl (C=O) groups excluding carboxylic acids is 1. The van der Waals surface area contributed by atoms with Crippen molar-refractivity contribution in [1.29, 1.82) is 0 Å². The number of amides is 1. The quantitative estimate of drug-likeness (QED) is 0.234. The molecule has 2 rings (SSSR count). The maximum atomic E-state index is 13.0. The average Bonchev–Trinajstić information content (AvgIpc) is 3.37. The highest BCUT2D eigenvalue weighted by Gasteiger charge is 2.31. The standard InChI is InChI=1S/C30H53N3O4/c1-20(2)24(16-22-10-11-29(37-6)23(15-22)9-7-8-14-36-5)17-27(31)28(34)18-26(21(3)4)30(35)33-25-12-13-32-19-25/h10-11,15,20-21,24-28,32,34H,7-9,12-14,16-19,31H2,1-6H3,(H,33,35)/t24?,25-,26?,27?,28?/m1/s1. The van der Waals surface area contributed by atoms with Gasteiger partial charge in [0.25, 0.3) is 0 Å². The van der Waals surface area contributed by atoms with Crippen LogP contribution in [0.1, 0.15) is 70.9 Å². The van der Waals surface area contributed by atoms with Crippen LogP contribution in [0.25, 0.3) is 0 Å². The fourth-order valence-corrected chi connectivity index (χ4v) is 5.32. The molecule has 5 N–H and O–H groups in total. The molecule has 1 saturated heterocycles. The van der Waals surface area contributed by atoms with E-state index in [4.69, 9.17) is 15.2 Å². The summed E-state index contributed by atoms with van der Waals surface area (Å²) in [6.07, 6.45) is 5.29. The van der Waals surface area contributed by atoms with Gasteiger partial charge in [-0.3, -0.25) is 4.79 Å². The molecule has 1 aromatic carbocycles. The third-order valence-electron chi connectivity index (χ3n) is 7.94. The van der Waals surface area contributed by atoms with Gasteiger partial charge in [0.05, 0.1) is 13.2 Å². The van der Waals surface area contributed by atoms with Gasteiger partial charge in [-0.1, -0.05) is 39.8 Å². The van der Waals surface area contributed by atoms with Gasteiger partial charge >= 0.3 is 0 Å². The van der Waals surface area contributed by atoms with Crippen LogP contribution in [0, 0.1) is 23.7 Å². The number of nitrogens with one attached hydrogen (secondary N) is 2. The second-order valence-electron chi connectivity index (χ2n) is 11.6. The van der Waals surface area contributed by atoms with E-state index in [0.717, 1.165) is 57.6 Å². The molecule has 5 atom stereocenters. The van der Waals surface area contributed by atoms with Crippen molar-refractivity contribution in [3.8, 4) is 5.75 Å². The van der Waals surface area contributed by atoms with Crippen LogP contribution in [0.2, 0.25) is 0 Å². The molecule has 7 nitrogen and oxygen atoms in total. The number of carbonyl (C=O) groups is 1. The minimum atomic E-state index is -0.715. The van der Waals surface area contributed by atoms with Crippen LogP contribution in [0.3, 0.4) is 0 Å². The number of aliphatic hydroxyl groups is 1. The van der Waals surface area contributed by atoms with E-state index >= 15 is 0 Å². The van der Waals surface area contributed by atoms with Crippen molar-refractivity contribution in [2.45, 2.75) is 90.8 Å². The smallest absolute Gasteiger partial charge is 0.223 e. The first-order valence-electron chi connectivity index (χ1n) is 14.3. The van der Waals surface area contributed by atoms with Crippen molar-refractivity contribution in [2.24, 2.45) is 29.4 Å². The van der Waals surface area contributed by atoms with E-state index in [1.54, 1.807) is 14.2 Å². The Balaban J connectivity index is 2.00. The molecule has 1 fully saturated rings. The van der Waals surface area contributed by atoms with Crippen molar-refractivity contribution < 1.29 is 19.4 Å². The largest absolute Gasteiger partial charge is 0.496 e. The van der Waals surface area contributed by atoms with E-state index in [2.05, 4.69) is 42.7 Å². The summed E-state index contributed by atoms with van der Waals surface area (Å²) < 4.78 is 10.8. The lowest BCUT2D eigenvalue weighted by molar-refractivity contribution is -0.128. The lowest BCUT2D eigenvalue weighted by Gasteiger charge is -2.30. The molecule has 0 bridgehead atoms. The van der Waals surface area contributed by atoms with Crippen LogP contribution in [0.5, 0.6) is 5.75 Å².